The first-order chi connectivity index (χ1) is 16.1. The third-order valence-corrected chi connectivity index (χ3v) is 8.31. The van der Waals surface area contributed by atoms with Crippen LogP contribution in [0.15, 0.2) is 29.2 Å². The second-order valence-corrected chi connectivity index (χ2v) is 10.9. The number of nitrogens with zero attached hydrogens (tertiary/aromatic N) is 3. The Morgan fingerprint density at radius 2 is 1.82 bits per heavy atom. The molecule has 2 unspecified atom stereocenters. The molecule has 0 bridgehead atoms. The summed E-state index contributed by atoms with van der Waals surface area (Å²) in [7, 11) is 1.86. The average molecular weight is 497 g/mol. The Balaban J connectivity index is 1.98. The first kappa shape index (κ1) is 28.1. The number of imide groups is 1. The molecule has 1 aromatic carbocycles. The number of amides is 3. The van der Waals surface area contributed by atoms with E-state index in [9.17, 15) is 18.0 Å². The van der Waals surface area contributed by atoms with Gasteiger partial charge in [-0.25, -0.2) is 13.2 Å². The number of urea groups is 1. The van der Waals surface area contributed by atoms with Gasteiger partial charge in [0.15, 0.2) is 0 Å². The van der Waals surface area contributed by atoms with E-state index in [1.807, 2.05) is 25.9 Å². The fourth-order valence-electron chi connectivity index (χ4n) is 4.35. The number of hydrogen-bond acceptors (Lipinski definition) is 6. The summed E-state index contributed by atoms with van der Waals surface area (Å²) in [6, 6.07) is 6.03. The van der Waals surface area contributed by atoms with Gasteiger partial charge in [-0.05, 0) is 76.5 Å². The molecular formula is C24H40N4O5S. The summed E-state index contributed by atoms with van der Waals surface area (Å²) in [5.41, 5.74) is 0. The Morgan fingerprint density at radius 3 is 2.38 bits per heavy atom. The molecule has 1 heterocycles. The van der Waals surface area contributed by atoms with E-state index in [4.69, 9.17) is 4.74 Å². The maximum atomic E-state index is 13.1. The van der Waals surface area contributed by atoms with Gasteiger partial charge in [0.25, 0.3) is 0 Å². The zero-order chi connectivity index (χ0) is 25.3. The Morgan fingerprint density at radius 1 is 1.15 bits per heavy atom. The molecule has 0 radical (unpaired) electrons. The zero-order valence-electron chi connectivity index (χ0n) is 21.1. The number of piperidine rings is 1. The number of carbonyl (C=O) groups is 2. The molecule has 1 saturated heterocycles. The van der Waals surface area contributed by atoms with Crippen LogP contribution in [-0.4, -0.2) is 88.4 Å². The predicted molar refractivity (Wildman–Crippen MR) is 132 cm³/mol. The van der Waals surface area contributed by atoms with Gasteiger partial charge in [-0.2, -0.15) is 4.31 Å². The first-order valence-corrected chi connectivity index (χ1v) is 13.4. The number of benzene rings is 1. The van der Waals surface area contributed by atoms with Crippen molar-refractivity contribution in [1.29, 1.82) is 0 Å². The van der Waals surface area contributed by atoms with Crippen molar-refractivity contribution < 1.29 is 22.7 Å². The van der Waals surface area contributed by atoms with Crippen LogP contribution in [0.4, 0.5) is 4.79 Å². The molecule has 9 nitrogen and oxygen atoms in total. The fourth-order valence-corrected chi connectivity index (χ4v) is 5.86. The van der Waals surface area contributed by atoms with E-state index < -0.39 is 10.0 Å². The number of sulfonamides is 1. The van der Waals surface area contributed by atoms with E-state index in [2.05, 4.69) is 5.32 Å². The molecule has 34 heavy (non-hydrogen) atoms. The lowest BCUT2D eigenvalue weighted by Gasteiger charge is -2.38. The molecule has 0 spiro atoms. The standard InChI is InChI=1S/C24H40N4O5S/c1-6-19-18-27(34(31,32)22-11-9-21(33-5)10-12-22)16-13-20(19)17-23(29)28(7-2)24(30)25-14-8-15-26(3)4/h9-12,19-20H,6-8,13-18H2,1-5H3,(H,25,30). The molecule has 1 N–H and O–H groups in total. The molecule has 0 saturated carbocycles. The number of ether oxygens (including phenoxy) is 1. The summed E-state index contributed by atoms with van der Waals surface area (Å²) in [4.78, 5) is 29.0. The van der Waals surface area contributed by atoms with Crippen LogP contribution < -0.4 is 10.1 Å². The molecule has 0 aromatic heterocycles. The van der Waals surface area contributed by atoms with Crippen molar-refractivity contribution in [1.82, 2.24) is 19.4 Å². The predicted octanol–water partition coefficient (Wildman–Crippen LogP) is 2.63. The monoisotopic (exact) mass is 496 g/mol. The van der Waals surface area contributed by atoms with Crippen LogP contribution in [0.3, 0.4) is 0 Å². The quantitative estimate of drug-likeness (QED) is 0.473. The van der Waals surface area contributed by atoms with Crippen LogP contribution in [0, 0.1) is 11.8 Å². The van der Waals surface area contributed by atoms with Gasteiger partial charge in [-0.1, -0.05) is 13.3 Å². The third-order valence-electron chi connectivity index (χ3n) is 6.43. The van der Waals surface area contributed by atoms with Crippen LogP contribution in [0.25, 0.3) is 0 Å². The van der Waals surface area contributed by atoms with E-state index in [-0.39, 0.29) is 35.1 Å². The Hall–Kier alpha value is -2.17. The molecule has 0 aliphatic carbocycles. The van der Waals surface area contributed by atoms with E-state index in [1.54, 1.807) is 31.2 Å². The van der Waals surface area contributed by atoms with Gasteiger partial charge >= 0.3 is 6.03 Å². The fraction of sp³-hybridized carbons (Fsp3) is 0.667. The van der Waals surface area contributed by atoms with Gasteiger partial charge in [0.1, 0.15) is 5.75 Å². The van der Waals surface area contributed by atoms with Crippen LogP contribution in [0.5, 0.6) is 5.75 Å². The Kier molecular flexibility index (Phi) is 10.8. The van der Waals surface area contributed by atoms with Crippen molar-refractivity contribution in [3.8, 4) is 5.75 Å². The lowest BCUT2D eigenvalue weighted by Crippen LogP contribution is -2.47. The number of carbonyl (C=O) groups excluding carboxylic acids is 2. The number of methoxy groups -OCH3 is 1. The van der Waals surface area contributed by atoms with Crippen molar-refractivity contribution in [3.05, 3.63) is 24.3 Å². The van der Waals surface area contributed by atoms with Gasteiger partial charge in [0.05, 0.1) is 12.0 Å². The molecule has 2 rings (SSSR count). The van der Waals surface area contributed by atoms with E-state index in [0.29, 0.717) is 38.3 Å². The summed E-state index contributed by atoms with van der Waals surface area (Å²) in [5.74, 6) is 0.482. The second kappa shape index (κ2) is 13.1. The topological polar surface area (TPSA) is 99.3 Å². The summed E-state index contributed by atoms with van der Waals surface area (Å²) in [6.45, 7) is 6.20. The van der Waals surface area contributed by atoms with E-state index in [1.165, 1.54) is 16.3 Å². The lowest BCUT2D eigenvalue weighted by molar-refractivity contribution is -0.129. The minimum absolute atomic E-state index is 0.0374. The van der Waals surface area contributed by atoms with Crippen LogP contribution in [0.1, 0.15) is 39.5 Å². The van der Waals surface area contributed by atoms with Gasteiger partial charge in [0.2, 0.25) is 15.9 Å². The van der Waals surface area contributed by atoms with Crippen molar-refractivity contribution in [2.75, 3.05) is 53.9 Å². The maximum absolute atomic E-state index is 13.1. The highest BCUT2D eigenvalue weighted by Gasteiger charge is 2.36. The minimum Gasteiger partial charge on any atom is -0.497 e. The molecule has 1 aliphatic rings. The van der Waals surface area contributed by atoms with Crippen molar-refractivity contribution in [3.63, 3.8) is 0 Å². The van der Waals surface area contributed by atoms with Gasteiger partial charge in [-0.3, -0.25) is 9.69 Å². The lowest BCUT2D eigenvalue weighted by atomic mass is 9.82. The van der Waals surface area contributed by atoms with Gasteiger partial charge in [0, 0.05) is 32.6 Å². The molecule has 3 amide bonds. The number of nitrogens with one attached hydrogen (secondary N) is 1. The van der Waals surface area contributed by atoms with E-state index >= 15 is 0 Å². The SMILES string of the molecule is CCC1CN(S(=O)(=O)c2ccc(OC)cc2)CCC1CC(=O)N(CC)C(=O)NCCCN(C)C. The molecule has 2 atom stereocenters. The highest BCUT2D eigenvalue weighted by Crippen LogP contribution is 2.32. The van der Waals surface area contributed by atoms with Crippen LogP contribution in [-0.2, 0) is 14.8 Å². The van der Waals surface area contributed by atoms with E-state index in [0.717, 1.165) is 19.4 Å². The summed E-state index contributed by atoms with van der Waals surface area (Å²) in [5, 5.41) is 2.83. The molecule has 1 aliphatic heterocycles. The highest BCUT2D eigenvalue weighted by atomic mass is 32.2. The van der Waals surface area contributed by atoms with Crippen LogP contribution >= 0.6 is 0 Å². The van der Waals surface area contributed by atoms with Crippen molar-refractivity contribution in [2.45, 2.75) is 44.4 Å². The molecule has 192 valence electrons. The van der Waals surface area contributed by atoms with Gasteiger partial charge in [-0.15, -0.1) is 0 Å². The van der Waals surface area contributed by atoms with Crippen molar-refractivity contribution in [2.24, 2.45) is 11.8 Å². The summed E-state index contributed by atoms with van der Waals surface area (Å²) >= 11 is 0. The molecular weight excluding hydrogens is 456 g/mol. The average Bonchev–Trinajstić information content (AvgIpc) is 2.82. The maximum Gasteiger partial charge on any atom is 0.324 e. The minimum atomic E-state index is -3.62. The number of hydrogen-bond donors (Lipinski definition) is 1. The molecule has 10 heteroatoms. The number of rotatable bonds is 11. The molecule has 1 fully saturated rings. The normalized spacial score (nSPS) is 19.1. The Bertz CT molecular complexity index is 904. The summed E-state index contributed by atoms with van der Waals surface area (Å²) < 4.78 is 32.9. The van der Waals surface area contributed by atoms with Crippen LogP contribution in [0.2, 0.25) is 0 Å². The summed E-state index contributed by atoms with van der Waals surface area (Å²) in [6.07, 6.45) is 2.40. The highest BCUT2D eigenvalue weighted by molar-refractivity contribution is 7.89. The smallest absolute Gasteiger partial charge is 0.324 e. The first-order valence-electron chi connectivity index (χ1n) is 12.0. The Labute approximate surface area is 204 Å². The van der Waals surface area contributed by atoms with Crippen molar-refractivity contribution >= 4 is 22.0 Å². The second-order valence-electron chi connectivity index (χ2n) is 8.99. The zero-order valence-corrected chi connectivity index (χ0v) is 21.9. The third kappa shape index (κ3) is 7.41. The molecule has 1 aromatic rings. The van der Waals surface area contributed by atoms with Gasteiger partial charge < -0.3 is 15.0 Å². The largest absolute Gasteiger partial charge is 0.497 e.